The Morgan fingerprint density at radius 3 is 2.83 bits per heavy atom. The topological polar surface area (TPSA) is 73.2 Å². The van der Waals surface area contributed by atoms with Gasteiger partial charge in [-0.2, -0.15) is 0 Å². The third kappa shape index (κ3) is 4.15. The molecule has 0 fully saturated rings. The highest BCUT2D eigenvalue weighted by Gasteiger charge is 2.15. The molecule has 1 amide bonds. The van der Waals surface area contributed by atoms with Gasteiger partial charge in [0.25, 0.3) is 5.56 Å². The predicted octanol–water partition coefficient (Wildman–Crippen LogP) is 3.86. The molecule has 0 radical (unpaired) electrons. The Labute approximate surface area is 181 Å². The molecule has 0 aliphatic carbocycles. The number of fused-ring (bicyclic) bond motifs is 1. The number of ether oxygens (including phenoxy) is 1. The Kier molecular flexibility index (Phi) is 5.96. The van der Waals surface area contributed by atoms with Crippen LogP contribution in [0.3, 0.4) is 0 Å². The number of nitrogens with one attached hydrogen (secondary N) is 1. The van der Waals surface area contributed by atoms with E-state index >= 15 is 0 Å². The van der Waals surface area contributed by atoms with Crippen LogP contribution in [0, 0.1) is 6.92 Å². The smallest absolute Gasteiger partial charge is 0.263 e. The lowest BCUT2D eigenvalue weighted by Crippen LogP contribution is -2.33. The molecule has 0 aliphatic heterocycles. The molecule has 3 heterocycles. The number of aryl methyl sites for hydroxylation is 1. The Hall–Kier alpha value is -2.97. The fourth-order valence-corrected chi connectivity index (χ4v) is 5.16. The fraction of sp³-hybridized carbons (Fsp3) is 0.227. The summed E-state index contributed by atoms with van der Waals surface area (Å²) in [6.45, 7) is 2.43. The summed E-state index contributed by atoms with van der Waals surface area (Å²) in [4.78, 5) is 32.8. The summed E-state index contributed by atoms with van der Waals surface area (Å²) in [5.41, 5.74) is 1.72. The summed E-state index contributed by atoms with van der Waals surface area (Å²) in [6, 6.07) is 11.8. The number of hydrogen-bond acceptors (Lipinski definition) is 6. The molecular formula is C22H21N3O3S2. The Morgan fingerprint density at radius 1 is 1.23 bits per heavy atom. The van der Waals surface area contributed by atoms with E-state index in [2.05, 4.69) is 10.3 Å². The van der Waals surface area contributed by atoms with E-state index in [9.17, 15) is 9.59 Å². The number of rotatable bonds is 7. The van der Waals surface area contributed by atoms with Gasteiger partial charge in [0, 0.05) is 27.2 Å². The van der Waals surface area contributed by atoms with Crippen LogP contribution in [0.25, 0.3) is 20.7 Å². The standard InChI is InChI=1S/C22H21N3O3S2/c1-14-7-8-18(30-14)16-12-29-21-20(16)22(27)25(13-24-21)11-19(26)23-10-9-15-5-3-4-6-17(15)28-2/h3-8,12-13H,9-11H2,1-2H3,(H,23,26). The van der Waals surface area contributed by atoms with Crippen molar-refractivity contribution in [2.24, 2.45) is 0 Å². The molecule has 0 unspecified atom stereocenters. The molecule has 154 valence electrons. The largest absolute Gasteiger partial charge is 0.496 e. The van der Waals surface area contributed by atoms with Crippen LogP contribution in [0.1, 0.15) is 10.4 Å². The van der Waals surface area contributed by atoms with Crippen LogP contribution in [0.15, 0.2) is 52.9 Å². The molecular weight excluding hydrogens is 418 g/mol. The zero-order valence-corrected chi connectivity index (χ0v) is 18.3. The minimum atomic E-state index is -0.225. The van der Waals surface area contributed by atoms with Gasteiger partial charge in [-0.1, -0.05) is 18.2 Å². The molecule has 30 heavy (non-hydrogen) atoms. The Balaban J connectivity index is 1.48. The summed E-state index contributed by atoms with van der Waals surface area (Å²) in [5.74, 6) is 0.573. The molecule has 0 aliphatic rings. The monoisotopic (exact) mass is 439 g/mol. The van der Waals surface area contributed by atoms with Gasteiger partial charge in [0.1, 0.15) is 17.1 Å². The van der Waals surface area contributed by atoms with Crippen molar-refractivity contribution < 1.29 is 9.53 Å². The highest BCUT2D eigenvalue weighted by molar-refractivity contribution is 7.19. The van der Waals surface area contributed by atoms with E-state index in [0.29, 0.717) is 23.2 Å². The van der Waals surface area contributed by atoms with E-state index in [4.69, 9.17) is 4.74 Å². The molecule has 3 aromatic heterocycles. The summed E-state index contributed by atoms with van der Waals surface area (Å²) < 4.78 is 6.70. The van der Waals surface area contributed by atoms with E-state index in [-0.39, 0.29) is 18.0 Å². The van der Waals surface area contributed by atoms with Crippen LogP contribution in [-0.4, -0.2) is 29.1 Å². The lowest BCUT2D eigenvalue weighted by molar-refractivity contribution is -0.121. The lowest BCUT2D eigenvalue weighted by Gasteiger charge is -2.10. The number of benzene rings is 1. The van der Waals surface area contributed by atoms with Crippen LogP contribution in [0.5, 0.6) is 5.75 Å². The maximum Gasteiger partial charge on any atom is 0.263 e. The van der Waals surface area contributed by atoms with Gasteiger partial charge in [0.15, 0.2) is 0 Å². The maximum atomic E-state index is 13.0. The maximum absolute atomic E-state index is 13.0. The van der Waals surface area contributed by atoms with Crippen molar-refractivity contribution in [1.82, 2.24) is 14.9 Å². The zero-order chi connectivity index (χ0) is 21.1. The number of nitrogens with zero attached hydrogens (tertiary/aromatic N) is 2. The quantitative estimate of drug-likeness (QED) is 0.475. The first-order valence-corrected chi connectivity index (χ1v) is 11.2. The first-order chi connectivity index (χ1) is 14.6. The van der Waals surface area contributed by atoms with E-state index in [0.717, 1.165) is 21.8 Å². The number of carbonyl (C=O) groups excluding carboxylic acids is 1. The van der Waals surface area contributed by atoms with Crippen molar-refractivity contribution in [2.45, 2.75) is 19.9 Å². The first kappa shape index (κ1) is 20.3. The number of hydrogen-bond donors (Lipinski definition) is 1. The van der Waals surface area contributed by atoms with E-state index in [1.165, 1.54) is 27.1 Å². The molecule has 4 aromatic rings. The van der Waals surface area contributed by atoms with Gasteiger partial charge in [-0.3, -0.25) is 14.2 Å². The van der Waals surface area contributed by atoms with Crippen molar-refractivity contribution in [3.05, 3.63) is 68.9 Å². The second kappa shape index (κ2) is 8.81. The molecule has 6 nitrogen and oxygen atoms in total. The van der Waals surface area contributed by atoms with Crippen molar-refractivity contribution in [3.8, 4) is 16.2 Å². The minimum Gasteiger partial charge on any atom is -0.496 e. The summed E-state index contributed by atoms with van der Waals surface area (Å²) in [7, 11) is 1.63. The number of aromatic nitrogens is 2. The van der Waals surface area contributed by atoms with E-state index in [1.54, 1.807) is 18.4 Å². The summed E-state index contributed by atoms with van der Waals surface area (Å²) in [5, 5.41) is 5.41. The molecule has 1 N–H and O–H groups in total. The van der Waals surface area contributed by atoms with Gasteiger partial charge in [-0.05, 0) is 37.1 Å². The van der Waals surface area contributed by atoms with Gasteiger partial charge in [0.2, 0.25) is 5.91 Å². The molecule has 0 saturated carbocycles. The van der Waals surface area contributed by atoms with Crippen molar-refractivity contribution in [2.75, 3.05) is 13.7 Å². The molecule has 8 heteroatoms. The average Bonchev–Trinajstić information content (AvgIpc) is 3.37. The van der Waals surface area contributed by atoms with Crippen molar-refractivity contribution in [3.63, 3.8) is 0 Å². The SMILES string of the molecule is COc1ccccc1CCNC(=O)Cn1cnc2scc(-c3ccc(C)s3)c2c1=O. The van der Waals surface area contributed by atoms with Gasteiger partial charge >= 0.3 is 0 Å². The van der Waals surface area contributed by atoms with Crippen LogP contribution in [-0.2, 0) is 17.8 Å². The van der Waals surface area contributed by atoms with Crippen molar-refractivity contribution >= 4 is 38.8 Å². The molecule has 4 rings (SSSR count). The summed E-state index contributed by atoms with van der Waals surface area (Å²) >= 11 is 3.09. The second-order valence-corrected chi connectivity index (χ2v) is 8.98. The minimum absolute atomic E-state index is 0.0630. The van der Waals surface area contributed by atoms with Gasteiger partial charge in [-0.25, -0.2) is 4.98 Å². The Bertz CT molecular complexity index is 1260. The third-order valence-electron chi connectivity index (χ3n) is 4.79. The second-order valence-electron chi connectivity index (χ2n) is 6.83. The zero-order valence-electron chi connectivity index (χ0n) is 16.7. The number of methoxy groups -OCH3 is 1. The average molecular weight is 440 g/mol. The highest BCUT2D eigenvalue weighted by atomic mass is 32.1. The number of para-hydroxylation sites is 1. The van der Waals surface area contributed by atoms with Crippen LogP contribution >= 0.6 is 22.7 Å². The molecule has 0 spiro atoms. The first-order valence-electron chi connectivity index (χ1n) is 9.49. The summed E-state index contributed by atoms with van der Waals surface area (Å²) in [6.07, 6.45) is 2.10. The van der Waals surface area contributed by atoms with Crippen molar-refractivity contribution in [1.29, 1.82) is 0 Å². The third-order valence-corrected chi connectivity index (χ3v) is 6.71. The molecule has 0 bridgehead atoms. The highest BCUT2D eigenvalue weighted by Crippen LogP contribution is 2.34. The molecule has 1 aromatic carbocycles. The van der Waals surface area contributed by atoms with E-state index < -0.39 is 0 Å². The van der Waals surface area contributed by atoms with Crippen LogP contribution in [0.4, 0.5) is 0 Å². The number of amides is 1. The fourth-order valence-electron chi connectivity index (χ4n) is 3.30. The molecule has 0 atom stereocenters. The van der Waals surface area contributed by atoms with E-state index in [1.807, 2.05) is 48.7 Å². The van der Waals surface area contributed by atoms with Gasteiger partial charge < -0.3 is 10.1 Å². The normalized spacial score (nSPS) is 11.0. The number of carbonyl (C=O) groups is 1. The lowest BCUT2D eigenvalue weighted by atomic mass is 10.1. The van der Waals surface area contributed by atoms with Gasteiger partial charge in [0.05, 0.1) is 18.8 Å². The number of thiophene rings is 2. The van der Waals surface area contributed by atoms with Crippen LogP contribution in [0.2, 0.25) is 0 Å². The molecule has 0 saturated heterocycles. The Morgan fingerprint density at radius 2 is 2.07 bits per heavy atom. The van der Waals surface area contributed by atoms with Gasteiger partial charge in [-0.15, -0.1) is 22.7 Å². The predicted molar refractivity (Wildman–Crippen MR) is 122 cm³/mol. The van der Waals surface area contributed by atoms with Crippen LogP contribution < -0.4 is 15.6 Å².